The second kappa shape index (κ2) is 9.01. The number of thioether (sulfide) groups is 1. The molecule has 2 aromatic carbocycles. The highest BCUT2D eigenvalue weighted by molar-refractivity contribution is 7.98. The monoisotopic (exact) mass is 407 g/mol. The van der Waals surface area contributed by atoms with Gasteiger partial charge in [0.2, 0.25) is 0 Å². The van der Waals surface area contributed by atoms with Gasteiger partial charge in [0.15, 0.2) is 18.1 Å². The Hall–Kier alpha value is -2.38. The highest BCUT2D eigenvalue weighted by Crippen LogP contribution is 2.38. The molecule has 0 atom stereocenters. The van der Waals surface area contributed by atoms with Gasteiger partial charge in [0, 0.05) is 11.3 Å². The van der Waals surface area contributed by atoms with Crippen molar-refractivity contribution in [1.29, 1.82) is 0 Å². The number of rotatable bonds is 5. The first kappa shape index (κ1) is 19.4. The zero-order valence-electron chi connectivity index (χ0n) is 14.6. The van der Waals surface area contributed by atoms with E-state index in [1.165, 1.54) is 23.9 Å². The van der Waals surface area contributed by atoms with Crippen molar-refractivity contribution in [3.63, 3.8) is 0 Å². The number of para-hydroxylation sites is 1. The summed E-state index contributed by atoms with van der Waals surface area (Å²) in [5, 5.41) is 2.99. The number of amides is 1. The molecule has 27 heavy (non-hydrogen) atoms. The minimum Gasteiger partial charge on any atom is -0.489 e. The molecule has 0 aliphatic carbocycles. The van der Waals surface area contributed by atoms with Crippen molar-refractivity contribution in [2.75, 3.05) is 31.4 Å². The Morgan fingerprint density at radius 1 is 1.22 bits per heavy atom. The molecule has 2 aromatic rings. The summed E-state index contributed by atoms with van der Waals surface area (Å²) in [4.78, 5) is 25.3. The molecule has 142 valence electrons. The molecule has 0 saturated heterocycles. The molecule has 0 saturated carbocycles. The smallest absolute Gasteiger partial charge is 0.338 e. The van der Waals surface area contributed by atoms with Crippen molar-refractivity contribution < 1.29 is 23.8 Å². The average molecular weight is 408 g/mol. The lowest BCUT2D eigenvalue weighted by molar-refractivity contribution is -0.119. The van der Waals surface area contributed by atoms with Crippen LogP contribution in [0, 0.1) is 0 Å². The first-order chi connectivity index (χ1) is 13.1. The van der Waals surface area contributed by atoms with E-state index < -0.39 is 18.5 Å². The summed E-state index contributed by atoms with van der Waals surface area (Å²) in [7, 11) is 0. The fourth-order valence-corrected chi connectivity index (χ4v) is 3.32. The van der Waals surface area contributed by atoms with Crippen molar-refractivity contribution >= 4 is 40.9 Å². The third-order valence-corrected chi connectivity index (χ3v) is 4.83. The van der Waals surface area contributed by atoms with Crippen LogP contribution >= 0.6 is 23.4 Å². The van der Waals surface area contributed by atoms with E-state index in [1.54, 1.807) is 6.07 Å². The number of anilines is 1. The molecule has 0 bridgehead atoms. The van der Waals surface area contributed by atoms with Crippen molar-refractivity contribution in [2.24, 2.45) is 0 Å². The predicted molar refractivity (Wildman–Crippen MR) is 104 cm³/mol. The maximum Gasteiger partial charge on any atom is 0.338 e. The molecule has 0 spiro atoms. The molecule has 0 aromatic heterocycles. The van der Waals surface area contributed by atoms with Crippen LogP contribution in [0.4, 0.5) is 5.69 Å². The topological polar surface area (TPSA) is 73.9 Å². The number of carbonyl (C=O) groups is 2. The van der Waals surface area contributed by atoms with Crippen molar-refractivity contribution in [2.45, 2.75) is 11.3 Å². The molecule has 1 aliphatic heterocycles. The maximum absolute atomic E-state index is 12.3. The molecule has 1 amide bonds. The van der Waals surface area contributed by atoms with Gasteiger partial charge in [0.1, 0.15) is 0 Å². The number of esters is 1. The molecule has 8 heteroatoms. The minimum atomic E-state index is -0.666. The third kappa shape index (κ3) is 4.87. The Kier molecular flexibility index (Phi) is 6.47. The predicted octanol–water partition coefficient (Wildman–Crippen LogP) is 4.02. The molecular formula is C19H18ClNO5S. The fourth-order valence-electron chi connectivity index (χ4n) is 2.50. The van der Waals surface area contributed by atoms with Gasteiger partial charge < -0.3 is 19.5 Å². The Balaban J connectivity index is 1.63. The Morgan fingerprint density at radius 3 is 2.81 bits per heavy atom. The van der Waals surface area contributed by atoms with Crippen molar-refractivity contribution in [1.82, 2.24) is 0 Å². The summed E-state index contributed by atoms with van der Waals surface area (Å²) in [5.41, 5.74) is 0.867. The van der Waals surface area contributed by atoms with Gasteiger partial charge in [-0.2, -0.15) is 0 Å². The number of nitrogens with one attached hydrogen (secondary N) is 1. The van der Waals surface area contributed by atoms with Gasteiger partial charge in [-0.1, -0.05) is 23.7 Å². The lowest BCUT2D eigenvalue weighted by Crippen LogP contribution is -2.21. The van der Waals surface area contributed by atoms with Crippen LogP contribution in [-0.2, 0) is 9.53 Å². The van der Waals surface area contributed by atoms with E-state index in [4.69, 9.17) is 25.8 Å². The molecule has 3 rings (SSSR count). The number of benzene rings is 2. The first-order valence-corrected chi connectivity index (χ1v) is 9.88. The van der Waals surface area contributed by atoms with Crippen LogP contribution in [0.15, 0.2) is 41.3 Å². The van der Waals surface area contributed by atoms with Crippen LogP contribution in [0.2, 0.25) is 5.02 Å². The molecule has 6 nitrogen and oxygen atoms in total. The van der Waals surface area contributed by atoms with Gasteiger partial charge in [-0.15, -0.1) is 11.8 Å². The van der Waals surface area contributed by atoms with Gasteiger partial charge >= 0.3 is 5.97 Å². The van der Waals surface area contributed by atoms with Gasteiger partial charge in [0.05, 0.1) is 29.5 Å². The highest BCUT2D eigenvalue weighted by Gasteiger charge is 2.20. The summed E-state index contributed by atoms with van der Waals surface area (Å²) in [5.74, 6) is -0.284. The van der Waals surface area contributed by atoms with E-state index >= 15 is 0 Å². The Bertz CT molecular complexity index is 858. The van der Waals surface area contributed by atoms with Crippen molar-refractivity contribution in [3.8, 4) is 11.5 Å². The first-order valence-electron chi connectivity index (χ1n) is 8.27. The standard InChI is InChI=1S/C19H18ClNO5S/c1-27-16-6-3-2-5-14(16)21-17(22)11-26-19(23)12-9-13(20)18-15(10-12)24-7-4-8-25-18/h2-3,5-6,9-10H,4,7-8,11H2,1H3,(H,21,22). The van der Waals surface area contributed by atoms with E-state index in [-0.39, 0.29) is 10.6 Å². The molecule has 0 fully saturated rings. The van der Waals surface area contributed by atoms with E-state index in [0.717, 1.165) is 11.3 Å². The van der Waals surface area contributed by atoms with Crippen LogP contribution in [-0.4, -0.2) is 38.0 Å². The summed E-state index contributed by atoms with van der Waals surface area (Å²) in [6.45, 7) is 0.556. The highest BCUT2D eigenvalue weighted by atomic mass is 35.5. The van der Waals surface area contributed by atoms with Crippen LogP contribution in [0.1, 0.15) is 16.8 Å². The summed E-state index contributed by atoms with van der Waals surface area (Å²) in [6, 6.07) is 10.3. The number of hydrogen-bond acceptors (Lipinski definition) is 6. The van der Waals surface area contributed by atoms with Crippen LogP contribution < -0.4 is 14.8 Å². The molecule has 1 aliphatic rings. The molecule has 1 heterocycles. The van der Waals surface area contributed by atoms with Gasteiger partial charge in [-0.25, -0.2) is 4.79 Å². The molecule has 1 N–H and O–H groups in total. The summed E-state index contributed by atoms with van der Waals surface area (Å²) >= 11 is 7.69. The van der Waals surface area contributed by atoms with Gasteiger partial charge in [-0.05, 0) is 30.5 Å². The van der Waals surface area contributed by atoms with E-state index in [0.29, 0.717) is 30.4 Å². The van der Waals surface area contributed by atoms with Crippen LogP contribution in [0.25, 0.3) is 0 Å². The quantitative estimate of drug-likeness (QED) is 0.596. The lowest BCUT2D eigenvalue weighted by Gasteiger charge is -2.12. The van der Waals surface area contributed by atoms with Gasteiger partial charge in [-0.3, -0.25) is 4.79 Å². The number of ether oxygens (including phenoxy) is 3. The SMILES string of the molecule is CSc1ccccc1NC(=O)COC(=O)c1cc(Cl)c2c(c1)OCCCO2. The second-order valence-corrected chi connectivity index (χ2v) is 6.92. The molecular weight excluding hydrogens is 390 g/mol. The Morgan fingerprint density at radius 2 is 2.00 bits per heavy atom. The number of hydrogen-bond donors (Lipinski definition) is 1. The number of carbonyl (C=O) groups excluding carboxylic acids is 2. The summed E-state index contributed by atoms with van der Waals surface area (Å²) < 4.78 is 16.2. The largest absolute Gasteiger partial charge is 0.489 e. The number of halogens is 1. The molecule has 0 radical (unpaired) electrons. The maximum atomic E-state index is 12.3. The van der Waals surface area contributed by atoms with E-state index in [1.807, 2.05) is 24.5 Å². The zero-order valence-corrected chi connectivity index (χ0v) is 16.2. The fraction of sp³-hybridized carbons (Fsp3) is 0.263. The van der Waals surface area contributed by atoms with Gasteiger partial charge in [0.25, 0.3) is 5.91 Å². The zero-order chi connectivity index (χ0) is 19.2. The lowest BCUT2D eigenvalue weighted by atomic mass is 10.2. The third-order valence-electron chi connectivity index (χ3n) is 3.75. The minimum absolute atomic E-state index is 0.196. The van der Waals surface area contributed by atoms with E-state index in [9.17, 15) is 9.59 Å². The van der Waals surface area contributed by atoms with Crippen LogP contribution in [0.5, 0.6) is 11.5 Å². The average Bonchev–Trinajstić information content (AvgIpc) is 2.92. The van der Waals surface area contributed by atoms with Crippen LogP contribution in [0.3, 0.4) is 0 Å². The second-order valence-electron chi connectivity index (χ2n) is 5.66. The molecule has 0 unspecified atom stereocenters. The normalized spacial score (nSPS) is 12.8. The number of fused-ring (bicyclic) bond motifs is 1. The van der Waals surface area contributed by atoms with Crippen molar-refractivity contribution in [3.05, 3.63) is 47.0 Å². The Labute approximate surface area is 166 Å². The summed E-state index contributed by atoms with van der Waals surface area (Å²) in [6.07, 6.45) is 2.64. The van der Waals surface area contributed by atoms with E-state index in [2.05, 4.69) is 5.32 Å².